The van der Waals surface area contributed by atoms with Gasteiger partial charge in [-0.15, -0.1) is 0 Å². The maximum absolute atomic E-state index is 6.97. The van der Waals surface area contributed by atoms with Gasteiger partial charge in [-0.25, -0.2) is 0 Å². The Bertz CT molecular complexity index is 311. The van der Waals surface area contributed by atoms with Gasteiger partial charge in [0.15, 0.2) is 7.83 Å². The second-order valence-electron chi connectivity index (χ2n) is 8.65. The molecule has 0 atom stereocenters. The third kappa shape index (κ3) is 2.23. The summed E-state index contributed by atoms with van der Waals surface area (Å²) in [5.74, 6) is 0. The van der Waals surface area contributed by atoms with Crippen molar-refractivity contribution in [3.05, 3.63) is 0 Å². The van der Waals surface area contributed by atoms with E-state index in [0.717, 1.165) is 11.1 Å². The summed E-state index contributed by atoms with van der Waals surface area (Å²) in [6, 6.07) is 1.35. The maximum Gasteiger partial charge on any atom is 0.182 e. The van der Waals surface area contributed by atoms with Crippen molar-refractivity contribution in [3.63, 3.8) is 0 Å². The third-order valence-electron chi connectivity index (χ3n) is 5.70. The lowest BCUT2D eigenvalue weighted by Gasteiger charge is -2.63. The summed E-state index contributed by atoms with van der Waals surface area (Å²) in [7, 11) is -4.03. The lowest BCUT2D eigenvalue weighted by molar-refractivity contribution is 0.112. The molecule has 1 fully saturated rings. The van der Waals surface area contributed by atoms with Crippen LogP contribution < -0.4 is 0 Å². The number of hydrogen-bond donors (Lipinski definition) is 0. The molecular formula is C14H34OSi3. The van der Waals surface area contributed by atoms with Gasteiger partial charge in [0, 0.05) is 13.2 Å². The Morgan fingerprint density at radius 1 is 0.889 bits per heavy atom. The van der Waals surface area contributed by atoms with Gasteiger partial charge in [0.1, 0.15) is 0 Å². The summed E-state index contributed by atoms with van der Waals surface area (Å²) in [6.45, 7) is 25.1. The SMILES string of the molecule is CC(C)[Si]1(C(C)C)OC(C)(C)C[Si](C)(C)[Si]1(C)C. The molecule has 1 heterocycles. The number of rotatable bonds is 2. The smallest absolute Gasteiger partial charge is 0.182 e. The van der Waals surface area contributed by atoms with Crippen molar-refractivity contribution in [1.29, 1.82) is 0 Å². The molecular weight excluding hydrogens is 268 g/mol. The van der Waals surface area contributed by atoms with Crippen LogP contribution in [-0.4, -0.2) is 28.1 Å². The molecule has 0 aliphatic carbocycles. The van der Waals surface area contributed by atoms with Crippen molar-refractivity contribution in [1.82, 2.24) is 0 Å². The lowest BCUT2D eigenvalue weighted by Crippen LogP contribution is -2.81. The van der Waals surface area contributed by atoms with E-state index in [-0.39, 0.29) is 5.60 Å². The lowest BCUT2D eigenvalue weighted by atomic mass is 10.2. The van der Waals surface area contributed by atoms with Crippen molar-refractivity contribution >= 4 is 22.5 Å². The van der Waals surface area contributed by atoms with Gasteiger partial charge in [0.2, 0.25) is 0 Å². The van der Waals surface area contributed by atoms with Crippen molar-refractivity contribution in [2.45, 2.75) is 90.5 Å². The summed E-state index contributed by atoms with van der Waals surface area (Å²) >= 11 is 0. The second kappa shape index (κ2) is 4.57. The molecule has 0 amide bonds. The Kier molecular flexibility index (Phi) is 4.23. The van der Waals surface area contributed by atoms with Crippen molar-refractivity contribution < 1.29 is 4.43 Å². The predicted molar refractivity (Wildman–Crippen MR) is 90.9 cm³/mol. The van der Waals surface area contributed by atoms with Crippen molar-refractivity contribution in [2.24, 2.45) is 0 Å². The molecule has 0 spiro atoms. The van der Waals surface area contributed by atoms with Crippen molar-refractivity contribution in [3.8, 4) is 0 Å². The van der Waals surface area contributed by atoms with Crippen LogP contribution in [0.15, 0.2) is 0 Å². The Balaban J connectivity index is 3.45. The summed E-state index contributed by atoms with van der Waals surface area (Å²) < 4.78 is 6.97. The van der Waals surface area contributed by atoms with Crippen LogP contribution in [0.4, 0.5) is 0 Å². The molecule has 0 saturated carbocycles. The van der Waals surface area contributed by atoms with Crippen LogP contribution in [0.1, 0.15) is 41.5 Å². The van der Waals surface area contributed by atoms with E-state index in [4.69, 9.17) is 4.43 Å². The van der Waals surface area contributed by atoms with Crippen LogP contribution in [0.5, 0.6) is 0 Å². The minimum absolute atomic E-state index is 0.124. The van der Waals surface area contributed by atoms with Crippen LogP contribution in [0.2, 0.25) is 43.3 Å². The quantitative estimate of drug-likeness (QED) is 0.642. The van der Waals surface area contributed by atoms with Gasteiger partial charge in [0.25, 0.3) is 0 Å². The highest BCUT2D eigenvalue weighted by Gasteiger charge is 2.66. The van der Waals surface area contributed by atoms with Gasteiger partial charge in [-0.2, -0.15) is 0 Å². The highest BCUT2D eigenvalue weighted by atomic mass is 29.6. The minimum Gasteiger partial charge on any atom is -0.415 e. The van der Waals surface area contributed by atoms with Gasteiger partial charge in [-0.1, -0.05) is 53.9 Å². The monoisotopic (exact) mass is 302 g/mol. The highest BCUT2D eigenvalue weighted by Crippen LogP contribution is 2.52. The van der Waals surface area contributed by atoms with E-state index in [1.165, 1.54) is 6.04 Å². The number of hydrogen-bond acceptors (Lipinski definition) is 1. The molecule has 1 aliphatic heterocycles. The minimum atomic E-state index is -1.64. The molecule has 1 nitrogen and oxygen atoms in total. The molecule has 18 heavy (non-hydrogen) atoms. The second-order valence-corrected chi connectivity index (χ2v) is 35.5. The zero-order chi connectivity index (χ0) is 14.6. The van der Waals surface area contributed by atoms with Gasteiger partial charge < -0.3 is 4.43 Å². The Hall–Kier alpha value is 0.611. The van der Waals surface area contributed by atoms with Gasteiger partial charge in [-0.05, 0) is 31.0 Å². The van der Waals surface area contributed by atoms with Crippen LogP contribution in [0.25, 0.3) is 0 Å². The van der Waals surface area contributed by atoms with E-state index in [2.05, 4.69) is 67.7 Å². The first-order valence-corrected chi connectivity index (χ1v) is 17.8. The van der Waals surface area contributed by atoms with Crippen molar-refractivity contribution in [2.75, 3.05) is 0 Å². The van der Waals surface area contributed by atoms with E-state index in [1.54, 1.807) is 0 Å². The summed E-state index contributed by atoms with van der Waals surface area (Å²) in [5, 5.41) is 0. The summed E-state index contributed by atoms with van der Waals surface area (Å²) in [4.78, 5) is 0. The molecule has 0 aromatic carbocycles. The standard InChI is InChI=1S/C14H34OSi3/c1-12(2)18(13(3)4)15-14(5,6)11-16(7,8)17(18,9)10/h12-13H,11H2,1-10H3. The topological polar surface area (TPSA) is 9.23 Å². The third-order valence-corrected chi connectivity index (χ3v) is 47.0. The Labute approximate surface area is 117 Å². The molecule has 108 valence electrons. The van der Waals surface area contributed by atoms with E-state index in [1.807, 2.05) is 0 Å². The summed E-state index contributed by atoms with van der Waals surface area (Å²) in [6.07, 6.45) is 0. The average molecular weight is 303 g/mol. The fourth-order valence-corrected chi connectivity index (χ4v) is 46.6. The molecule has 0 aromatic rings. The fourth-order valence-electron chi connectivity index (χ4n) is 4.78. The fraction of sp³-hybridized carbons (Fsp3) is 1.00. The molecule has 0 unspecified atom stereocenters. The van der Waals surface area contributed by atoms with Crippen LogP contribution in [0, 0.1) is 0 Å². The largest absolute Gasteiger partial charge is 0.415 e. The van der Waals surface area contributed by atoms with Gasteiger partial charge in [0.05, 0.1) is 7.11 Å². The highest BCUT2D eigenvalue weighted by molar-refractivity contribution is 7.68. The zero-order valence-electron chi connectivity index (χ0n) is 14.3. The Morgan fingerprint density at radius 2 is 1.28 bits per heavy atom. The molecule has 0 aromatic heterocycles. The van der Waals surface area contributed by atoms with Crippen LogP contribution in [-0.2, 0) is 4.43 Å². The van der Waals surface area contributed by atoms with E-state index in [9.17, 15) is 0 Å². The average Bonchev–Trinajstić information content (AvgIpc) is 2.08. The molecule has 1 saturated heterocycles. The van der Waals surface area contributed by atoms with Gasteiger partial charge in [-0.3, -0.25) is 0 Å². The van der Waals surface area contributed by atoms with E-state index < -0.39 is 22.5 Å². The first-order chi connectivity index (χ1) is 7.80. The van der Waals surface area contributed by atoms with Gasteiger partial charge >= 0.3 is 0 Å². The first kappa shape index (κ1) is 16.7. The predicted octanol–water partition coefficient (Wildman–Crippen LogP) is 5.13. The van der Waals surface area contributed by atoms with E-state index in [0.29, 0.717) is 0 Å². The summed E-state index contributed by atoms with van der Waals surface area (Å²) in [5.41, 5.74) is 1.63. The molecule has 0 bridgehead atoms. The normalized spacial score (nSPS) is 28.7. The zero-order valence-corrected chi connectivity index (χ0v) is 17.3. The molecule has 4 heteroatoms. The molecule has 1 aliphatic rings. The molecule has 0 radical (unpaired) electrons. The van der Waals surface area contributed by atoms with Crippen LogP contribution in [0.3, 0.4) is 0 Å². The van der Waals surface area contributed by atoms with Crippen LogP contribution >= 0.6 is 0 Å². The maximum atomic E-state index is 6.97. The van der Waals surface area contributed by atoms with E-state index >= 15 is 0 Å². The molecule has 1 rings (SSSR count). The first-order valence-electron chi connectivity index (χ1n) is 7.50. The molecule has 0 N–H and O–H groups in total. The Morgan fingerprint density at radius 3 is 1.61 bits per heavy atom.